The molecule has 1 aliphatic rings. The summed E-state index contributed by atoms with van der Waals surface area (Å²) >= 11 is 0. The number of alkyl carbamates (subject to hydrolysis) is 1. The highest BCUT2D eigenvalue weighted by Gasteiger charge is 2.44. The number of carbonyl (C=O) groups is 3. The molecule has 1 fully saturated rings. The van der Waals surface area contributed by atoms with Crippen molar-refractivity contribution in [3.63, 3.8) is 0 Å². The highest BCUT2D eigenvalue weighted by atomic mass is 16.6. The molecule has 0 aromatic heterocycles. The number of amides is 1. The number of benzene rings is 1. The van der Waals surface area contributed by atoms with Gasteiger partial charge in [-0.15, -0.1) is 0 Å². The van der Waals surface area contributed by atoms with Gasteiger partial charge in [-0.05, 0) is 45.3 Å². The van der Waals surface area contributed by atoms with Gasteiger partial charge in [0.2, 0.25) is 0 Å². The standard InChI is InChI=1S/C23H31NO7/c1-5-29-19(25)11-12-23(15-22(2,3)31-16-23)13-18(20(26)28-4)24-21(27)30-14-17-9-7-6-8-10-17/h6-10,13H,5,11-12,14-16H2,1-4H3,(H,24,27)/b18-13-. The Hall–Kier alpha value is -2.87. The van der Waals surface area contributed by atoms with E-state index in [0.717, 1.165) is 5.56 Å². The van der Waals surface area contributed by atoms with E-state index in [9.17, 15) is 14.4 Å². The SMILES string of the molecule is CCOC(=O)CCC1(/C=C(\NC(=O)OCc2ccccc2)C(=O)OC)COC(C)(C)C1. The molecule has 2 rings (SSSR count). The first kappa shape index (κ1) is 24.4. The maximum Gasteiger partial charge on any atom is 0.412 e. The van der Waals surface area contributed by atoms with Gasteiger partial charge in [-0.2, -0.15) is 0 Å². The van der Waals surface area contributed by atoms with E-state index < -0.39 is 23.1 Å². The van der Waals surface area contributed by atoms with Crippen LogP contribution in [0.1, 0.15) is 45.6 Å². The molecule has 8 nitrogen and oxygen atoms in total. The largest absolute Gasteiger partial charge is 0.466 e. The molecule has 1 heterocycles. The summed E-state index contributed by atoms with van der Waals surface area (Å²) in [5.41, 5.74) is -0.323. The topological polar surface area (TPSA) is 100 Å². The molecule has 1 N–H and O–H groups in total. The highest BCUT2D eigenvalue weighted by Crippen LogP contribution is 2.44. The quantitative estimate of drug-likeness (QED) is 0.361. The molecule has 1 aromatic rings. The second-order valence-electron chi connectivity index (χ2n) is 8.13. The van der Waals surface area contributed by atoms with Crippen molar-refractivity contribution < 1.29 is 33.3 Å². The molecule has 8 heteroatoms. The third-order valence-corrected chi connectivity index (χ3v) is 4.97. The summed E-state index contributed by atoms with van der Waals surface area (Å²) in [6.07, 6.45) is 1.96. The zero-order valence-electron chi connectivity index (χ0n) is 18.6. The Morgan fingerprint density at radius 2 is 1.87 bits per heavy atom. The minimum Gasteiger partial charge on any atom is -0.466 e. The van der Waals surface area contributed by atoms with Crippen molar-refractivity contribution in [1.82, 2.24) is 5.32 Å². The number of carbonyl (C=O) groups excluding carboxylic acids is 3. The number of rotatable bonds is 9. The fourth-order valence-electron chi connectivity index (χ4n) is 3.63. The third-order valence-electron chi connectivity index (χ3n) is 4.97. The lowest BCUT2D eigenvalue weighted by molar-refractivity contribution is -0.143. The number of ether oxygens (including phenoxy) is 4. The van der Waals surface area contributed by atoms with Gasteiger partial charge in [0.1, 0.15) is 12.3 Å². The minimum absolute atomic E-state index is 0.0503. The van der Waals surface area contributed by atoms with Gasteiger partial charge < -0.3 is 18.9 Å². The molecule has 0 bridgehead atoms. The molecule has 1 atom stereocenters. The van der Waals surface area contributed by atoms with E-state index in [0.29, 0.717) is 26.1 Å². The molecule has 31 heavy (non-hydrogen) atoms. The van der Waals surface area contributed by atoms with Crippen LogP contribution in [-0.2, 0) is 35.1 Å². The van der Waals surface area contributed by atoms with Crippen LogP contribution in [-0.4, -0.2) is 44.0 Å². The Morgan fingerprint density at radius 3 is 2.45 bits per heavy atom. The maximum absolute atomic E-state index is 12.4. The van der Waals surface area contributed by atoms with Gasteiger partial charge in [-0.1, -0.05) is 30.3 Å². The lowest BCUT2D eigenvalue weighted by Crippen LogP contribution is -2.32. The van der Waals surface area contributed by atoms with Crippen molar-refractivity contribution in [1.29, 1.82) is 0 Å². The van der Waals surface area contributed by atoms with Crippen molar-refractivity contribution in [2.45, 2.75) is 52.2 Å². The number of esters is 2. The molecular formula is C23H31NO7. The summed E-state index contributed by atoms with van der Waals surface area (Å²) in [5.74, 6) is -1.04. The van der Waals surface area contributed by atoms with Crippen LogP contribution in [0.4, 0.5) is 4.79 Å². The molecular weight excluding hydrogens is 402 g/mol. The van der Waals surface area contributed by atoms with Crippen LogP contribution >= 0.6 is 0 Å². The molecule has 1 unspecified atom stereocenters. The molecule has 1 aromatic carbocycles. The van der Waals surface area contributed by atoms with Crippen LogP contribution < -0.4 is 5.32 Å². The fraction of sp³-hybridized carbons (Fsp3) is 0.522. The second kappa shape index (κ2) is 10.9. The molecule has 0 aliphatic carbocycles. The van der Waals surface area contributed by atoms with E-state index in [1.807, 2.05) is 44.2 Å². The highest BCUT2D eigenvalue weighted by molar-refractivity contribution is 5.92. The molecule has 1 saturated heterocycles. The smallest absolute Gasteiger partial charge is 0.412 e. The lowest BCUT2D eigenvalue weighted by Gasteiger charge is -2.26. The number of hydrogen-bond acceptors (Lipinski definition) is 7. The van der Waals surface area contributed by atoms with Gasteiger partial charge in [0, 0.05) is 11.8 Å². The summed E-state index contributed by atoms with van der Waals surface area (Å²) in [5, 5.41) is 2.48. The van der Waals surface area contributed by atoms with Crippen LogP contribution in [0.15, 0.2) is 42.1 Å². The van der Waals surface area contributed by atoms with E-state index in [4.69, 9.17) is 18.9 Å². The second-order valence-corrected chi connectivity index (χ2v) is 8.13. The zero-order valence-corrected chi connectivity index (χ0v) is 18.6. The molecule has 1 amide bonds. The zero-order chi connectivity index (χ0) is 22.9. The summed E-state index contributed by atoms with van der Waals surface area (Å²) in [7, 11) is 1.23. The van der Waals surface area contributed by atoms with E-state index in [1.54, 1.807) is 13.0 Å². The van der Waals surface area contributed by atoms with Crippen LogP contribution in [0, 0.1) is 5.41 Å². The monoisotopic (exact) mass is 433 g/mol. The first-order valence-corrected chi connectivity index (χ1v) is 10.3. The van der Waals surface area contributed by atoms with E-state index in [1.165, 1.54) is 7.11 Å². The number of methoxy groups -OCH3 is 1. The van der Waals surface area contributed by atoms with E-state index in [-0.39, 0.29) is 24.7 Å². The van der Waals surface area contributed by atoms with Crippen molar-refractivity contribution in [2.24, 2.45) is 5.41 Å². The van der Waals surface area contributed by atoms with Crippen LogP contribution in [0.3, 0.4) is 0 Å². The molecule has 0 spiro atoms. The Labute approximate surface area is 182 Å². The van der Waals surface area contributed by atoms with E-state index >= 15 is 0 Å². The van der Waals surface area contributed by atoms with Gasteiger partial charge in [0.05, 0.1) is 25.9 Å². The number of hydrogen-bond donors (Lipinski definition) is 1. The average Bonchev–Trinajstić information content (AvgIpc) is 3.05. The molecule has 0 saturated carbocycles. The van der Waals surface area contributed by atoms with Gasteiger partial charge >= 0.3 is 18.0 Å². The minimum atomic E-state index is -0.778. The normalized spacial score (nSPS) is 20.1. The van der Waals surface area contributed by atoms with Crippen LogP contribution in [0.5, 0.6) is 0 Å². The first-order valence-electron chi connectivity index (χ1n) is 10.3. The van der Waals surface area contributed by atoms with Crippen LogP contribution in [0.2, 0.25) is 0 Å². The van der Waals surface area contributed by atoms with Crippen molar-refractivity contribution in [3.05, 3.63) is 47.7 Å². The molecule has 1 aliphatic heterocycles. The lowest BCUT2D eigenvalue weighted by atomic mass is 9.77. The van der Waals surface area contributed by atoms with Crippen molar-refractivity contribution >= 4 is 18.0 Å². The van der Waals surface area contributed by atoms with Gasteiger partial charge in [0.15, 0.2) is 0 Å². The first-order chi connectivity index (χ1) is 14.7. The maximum atomic E-state index is 12.4. The Bertz CT molecular complexity index is 803. The third kappa shape index (κ3) is 7.71. The van der Waals surface area contributed by atoms with Crippen LogP contribution in [0.25, 0.3) is 0 Å². The summed E-state index contributed by atoms with van der Waals surface area (Å²) < 4.78 is 21.0. The van der Waals surface area contributed by atoms with Gasteiger partial charge in [-0.25, -0.2) is 9.59 Å². The predicted molar refractivity (Wildman–Crippen MR) is 113 cm³/mol. The van der Waals surface area contributed by atoms with Gasteiger partial charge in [0.25, 0.3) is 0 Å². The predicted octanol–water partition coefficient (Wildman–Crippen LogP) is 3.50. The number of nitrogens with one attached hydrogen (secondary N) is 1. The Morgan fingerprint density at radius 1 is 1.16 bits per heavy atom. The summed E-state index contributed by atoms with van der Waals surface area (Å²) in [6.45, 7) is 6.27. The van der Waals surface area contributed by atoms with Gasteiger partial charge in [-0.3, -0.25) is 10.1 Å². The van der Waals surface area contributed by atoms with E-state index in [2.05, 4.69) is 5.32 Å². The summed E-state index contributed by atoms with van der Waals surface area (Å²) in [4.78, 5) is 36.6. The summed E-state index contributed by atoms with van der Waals surface area (Å²) in [6, 6.07) is 9.19. The molecule has 170 valence electrons. The molecule has 0 radical (unpaired) electrons. The average molecular weight is 434 g/mol. The fourth-order valence-corrected chi connectivity index (χ4v) is 3.63. The van der Waals surface area contributed by atoms with Crippen molar-refractivity contribution in [3.8, 4) is 0 Å². The Balaban J connectivity index is 2.16. The Kier molecular flexibility index (Phi) is 8.62. The van der Waals surface area contributed by atoms with Crippen molar-refractivity contribution in [2.75, 3.05) is 20.3 Å².